The maximum atomic E-state index is 12.3. The molecule has 27 heavy (non-hydrogen) atoms. The van der Waals surface area contributed by atoms with Gasteiger partial charge >= 0.3 is 5.97 Å². The number of nitrogens with zero attached hydrogens (tertiary/aromatic N) is 4. The Balaban J connectivity index is 1.43. The van der Waals surface area contributed by atoms with Crippen molar-refractivity contribution < 1.29 is 14.1 Å². The van der Waals surface area contributed by atoms with Gasteiger partial charge in [-0.05, 0) is 43.7 Å². The molecule has 4 aromatic rings. The van der Waals surface area contributed by atoms with E-state index in [0.717, 1.165) is 27.9 Å². The van der Waals surface area contributed by atoms with E-state index in [-0.39, 0.29) is 12.6 Å². The van der Waals surface area contributed by atoms with Crippen LogP contribution in [0, 0.1) is 13.8 Å². The lowest BCUT2D eigenvalue weighted by atomic mass is 10.1. The van der Waals surface area contributed by atoms with E-state index in [9.17, 15) is 4.79 Å². The van der Waals surface area contributed by atoms with Crippen molar-refractivity contribution in [1.82, 2.24) is 20.2 Å². The van der Waals surface area contributed by atoms with Crippen molar-refractivity contribution in [2.75, 3.05) is 0 Å². The zero-order chi connectivity index (χ0) is 18.8. The fourth-order valence-corrected chi connectivity index (χ4v) is 2.88. The summed E-state index contributed by atoms with van der Waals surface area (Å²) in [5.41, 5.74) is 4.88. The molecule has 0 saturated heterocycles. The van der Waals surface area contributed by atoms with E-state index >= 15 is 0 Å². The van der Waals surface area contributed by atoms with Crippen LogP contribution in [0.15, 0.2) is 53.1 Å². The minimum atomic E-state index is -0.382. The first-order valence-electron chi connectivity index (χ1n) is 8.58. The number of aryl methyl sites for hydroxylation is 2. The molecular weight excluding hydrogens is 344 g/mol. The molecule has 0 saturated carbocycles. The smallest absolute Gasteiger partial charge is 0.338 e. The van der Waals surface area contributed by atoms with Crippen molar-refractivity contribution in [3.05, 3.63) is 76.7 Å². The standard InChI is InChI=1S/C20H18N4O3/c1-13-17(14(2)27-22-13)12-26-20(25)16-9-7-15(8-10-16)11-24-19-6-4-3-5-18(19)21-23-24/h3-10H,11-12H2,1-2H3. The SMILES string of the molecule is Cc1noc(C)c1COC(=O)c1ccc(Cn2nnc3ccccc32)cc1. The Labute approximate surface area is 155 Å². The summed E-state index contributed by atoms with van der Waals surface area (Å²) in [4.78, 5) is 12.3. The molecule has 2 heterocycles. The van der Waals surface area contributed by atoms with E-state index in [1.165, 1.54) is 0 Å². The highest BCUT2D eigenvalue weighted by Crippen LogP contribution is 2.16. The first kappa shape index (κ1) is 17.0. The fourth-order valence-electron chi connectivity index (χ4n) is 2.88. The van der Waals surface area contributed by atoms with Crippen LogP contribution in [0.4, 0.5) is 0 Å². The summed E-state index contributed by atoms with van der Waals surface area (Å²) >= 11 is 0. The largest absolute Gasteiger partial charge is 0.457 e. The summed E-state index contributed by atoms with van der Waals surface area (Å²) in [6, 6.07) is 15.1. The molecule has 0 spiro atoms. The van der Waals surface area contributed by atoms with Crippen LogP contribution in [0.25, 0.3) is 11.0 Å². The number of aromatic nitrogens is 4. The third-order valence-corrected chi connectivity index (χ3v) is 4.47. The molecule has 0 amide bonds. The molecule has 0 aliphatic heterocycles. The van der Waals surface area contributed by atoms with Crippen molar-refractivity contribution in [2.24, 2.45) is 0 Å². The number of carbonyl (C=O) groups excluding carboxylic acids is 1. The van der Waals surface area contributed by atoms with Crippen LogP contribution in [-0.4, -0.2) is 26.1 Å². The molecule has 2 aromatic heterocycles. The number of benzene rings is 2. The Bertz CT molecular complexity index is 1080. The molecule has 0 bridgehead atoms. The predicted molar refractivity (Wildman–Crippen MR) is 98.2 cm³/mol. The van der Waals surface area contributed by atoms with Gasteiger partial charge in [-0.2, -0.15) is 0 Å². The monoisotopic (exact) mass is 362 g/mol. The lowest BCUT2D eigenvalue weighted by Gasteiger charge is -2.06. The molecule has 0 aliphatic rings. The van der Waals surface area contributed by atoms with Gasteiger partial charge in [0.05, 0.1) is 28.9 Å². The third-order valence-electron chi connectivity index (χ3n) is 4.47. The van der Waals surface area contributed by atoms with E-state index in [1.54, 1.807) is 19.1 Å². The quantitative estimate of drug-likeness (QED) is 0.506. The van der Waals surface area contributed by atoms with Crippen molar-refractivity contribution >= 4 is 17.0 Å². The highest BCUT2D eigenvalue weighted by Gasteiger charge is 2.13. The van der Waals surface area contributed by atoms with Gasteiger partial charge in [-0.1, -0.05) is 34.6 Å². The molecule has 0 fully saturated rings. The molecule has 136 valence electrons. The molecule has 0 radical (unpaired) electrons. The van der Waals surface area contributed by atoms with E-state index in [2.05, 4.69) is 15.5 Å². The second-order valence-corrected chi connectivity index (χ2v) is 6.31. The Morgan fingerprint density at radius 1 is 1.11 bits per heavy atom. The zero-order valence-corrected chi connectivity index (χ0v) is 15.0. The van der Waals surface area contributed by atoms with Gasteiger partial charge in [0.15, 0.2) is 0 Å². The van der Waals surface area contributed by atoms with Crippen molar-refractivity contribution in [3.63, 3.8) is 0 Å². The third kappa shape index (κ3) is 3.44. The zero-order valence-electron chi connectivity index (χ0n) is 15.0. The molecule has 7 nitrogen and oxygen atoms in total. The number of para-hydroxylation sites is 1. The number of ether oxygens (including phenoxy) is 1. The van der Waals surface area contributed by atoms with Crippen molar-refractivity contribution in [2.45, 2.75) is 27.0 Å². The van der Waals surface area contributed by atoms with Crippen LogP contribution < -0.4 is 0 Å². The average Bonchev–Trinajstić information content (AvgIpc) is 3.24. The van der Waals surface area contributed by atoms with Gasteiger partial charge in [0.2, 0.25) is 0 Å². The molecule has 0 N–H and O–H groups in total. The van der Waals surface area contributed by atoms with E-state index in [0.29, 0.717) is 17.9 Å². The molecule has 7 heteroatoms. The maximum absolute atomic E-state index is 12.3. The van der Waals surface area contributed by atoms with Gasteiger partial charge in [-0.25, -0.2) is 9.48 Å². The van der Waals surface area contributed by atoms with E-state index in [1.807, 2.05) is 48.0 Å². The topological polar surface area (TPSA) is 83.0 Å². The lowest BCUT2D eigenvalue weighted by molar-refractivity contribution is 0.0471. The van der Waals surface area contributed by atoms with E-state index < -0.39 is 0 Å². The summed E-state index contributed by atoms with van der Waals surface area (Å²) in [7, 11) is 0. The van der Waals surface area contributed by atoms with Crippen LogP contribution >= 0.6 is 0 Å². The molecule has 4 rings (SSSR count). The average molecular weight is 362 g/mol. The van der Waals surface area contributed by atoms with Gasteiger partial charge in [-0.15, -0.1) is 5.10 Å². The minimum absolute atomic E-state index is 0.146. The van der Waals surface area contributed by atoms with Crippen molar-refractivity contribution in [3.8, 4) is 0 Å². The van der Waals surface area contributed by atoms with Crippen LogP contribution in [-0.2, 0) is 17.9 Å². The Morgan fingerprint density at radius 2 is 1.89 bits per heavy atom. The number of hydrogen-bond donors (Lipinski definition) is 0. The first-order valence-corrected chi connectivity index (χ1v) is 8.58. The van der Waals surface area contributed by atoms with Gasteiger partial charge in [0.1, 0.15) is 17.9 Å². The summed E-state index contributed by atoms with van der Waals surface area (Å²) in [5.74, 6) is 0.281. The predicted octanol–water partition coefficient (Wildman–Crippen LogP) is 3.44. The fraction of sp³-hybridized carbons (Fsp3) is 0.200. The number of esters is 1. The van der Waals surface area contributed by atoms with Crippen molar-refractivity contribution in [1.29, 1.82) is 0 Å². The molecule has 0 aliphatic carbocycles. The van der Waals surface area contributed by atoms with Crippen LogP contribution in [0.3, 0.4) is 0 Å². The first-order chi connectivity index (χ1) is 13.1. The summed E-state index contributed by atoms with van der Waals surface area (Å²) in [6.45, 7) is 4.34. The summed E-state index contributed by atoms with van der Waals surface area (Å²) < 4.78 is 12.3. The Kier molecular flexibility index (Phi) is 4.42. The summed E-state index contributed by atoms with van der Waals surface area (Å²) in [5, 5.41) is 12.2. The van der Waals surface area contributed by atoms with Crippen LogP contribution in [0.1, 0.15) is 32.9 Å². The molecule has 2 aromatic carbocycles. The van der Waals surface area contributed by atoms with Gasteiger partial charge < -0.3 is 9.26 Å². The molecule has 0 unspecified atom stereocenters. The maximum Gasteiger partial charge on any atom is 0.338 e. The summed E-state index contributed by atoms with van der Waals surface area (Å²) in [6.07, 6.45) is 0. The van der Waals surface area contributed by atoms with Gasteiger partial charge in [0.25, 0.3) is 0 Å². The van der Waals surface area contributed by atoms with E-state index in [4.69, 9.17) is 9.26 Å². The Hall–Kier alpha value is -3.48. The van der Waals surface area contributed by atoms with Gasteiger partial charge in [-0.3, -0.25) is 0 Å². The number of carbonyl (C=O) groups is 1. The highest BCUT2D eigenvalue weighted by atomic mass is 16.5. The lowest BCUT2D eigenvalue weighted by Crippen LogP contribution is -2.07. The number of fused-ring (bicyclic) bond motifs is 1. The van der Waals surface area contributed by atoms with Crippen LogP contribution in [0.2, 0.25) is 0 Å². The van der Waals surface area contributed by atoms with Crippen LogP contribution in [0.5, 0.6) is 0 Å². The number of hydrogen-bond acceptors (Lipinski definition) is 6. The Morgan fingerprint density at radius 3 is 2.63 bits per heavy atom. The minimum Gasteiger partial charge on any atom is -0.457 e. The second-order valence-electron chi connectivity index (χ2n) is 6.31. The second kappa shape index (κ2) is 7.03. The molecule has 0 atom stereocenters. The molecular formula is C20H18N4O3. The number of rotatable bonds is 5. The van der Waals surface area contributed by atoms with Gasteiger partial charge in [0, 0.05) is 0 Å². The normalized spacial score (nSPS) is 11.0. The highest BCUT2D eigenvalue weighted by molar-refractivity contribution is 5.89.